The topological polar surface area (TPSA) is 104 Å². The number of rotatable bonds is 24. The molecule has 2 fully saturated rings. The lowest BCUT2D eigenvalue weighted by Crippen LogP contribution is -2.67. The van der Waals surface area contributed by atoms with Gasteiger partial charge in [0, 0.05) is 57.3 Å². The zero-order chi connectivity index (χ0) is 58.3. The van der Waals surface area contributed by atoms with Gasteiger partial charge < -0.3 is 28.8 Å². The molecule has 1 N–H and O–H groups in total. The standard InChI is InChI=1S/C58H64F11NO8S2/c1-35(33-71)10-7-24-74-27-29-80-79-28-8-23-70(53(73)76-34-46-42-13-5-3-11-40(42)41-12-4-6-14-43(41)46)52(72)51-48(59)31-38(32-49(51)60)78-37-16-18-39-36(30-37)15-17-45-44(39)21-22-54(2)47(45)19-20-50(54)75-25-9-26-77-55(56(61,62)63,57(64,65)66)58(67,68)69/h3-6,11-14,16,18,30-32,35,44-47,50,71H,7-10,15,17,19-29,33-34H2,1-2H3/t35?,44-,45-,47+,50+,54+/m1/s1/i1D. The minimum absolute atomic E-state index is 0.0300. The molecule has 4 aromatic rings. The second kappa shape index (κ2) is 25.9. The fourth-order valence-electron chi connectivity index (χ4n) is 12.3. The van der Waals surface area contributed by atoms with E-state index in [2.05, 4.69) is 4.74 Å². The van der Waals surface area contributed by atoms with E-state index in [9.17, 15) is 54.2 Å². The van der Waals surface area contributed by atoms with Gasteiger partial charge in [-0.3, -0.25) is 4.79 Å². The number of carbonyl (C=O) groups excluding carboxylic acids is 2. The van der Waals surface area contributed by atoms with Crippen molar-refractivity contribution in [2.75, 3.05) is 57.7 Å². The number of hydrogen-bond acceptors (Lipinski definition) is 10. The van der Waals surface area contributed by atoms with E-state index < -0.39 is 84.5 Å². The lowest BCUT2D eigenvalue weighted by atomic mass is 9.55. The van der Waals surface area contributed by atoms with Crippen LogP contribution in [0.15, 0.2) is 78.9 Å². The molecule has 2 amide bonds. The highest BCUT2D eigenvalue weighted by atomic mass is 33.1. The van der Waals surface area contributed by atoms with Gasteiger partial charge in [-0.05, 0) is 139 Å². The third-order valence-electron chi connectivity index (χ3n) is 16.2. The lowest BCUT2D eigenvalue weighted by molar-refractivity contribution is -0.457. The number of halogens is 11. The number of nitrogens with zero attached hydrogens (tertiary/aromatic N) is 1. The second-order valence-corrected chi connectivity index (χ2v) is 23.8. The molecule has 0 saturated heterocycles. The Kier molecular flexibility index (Phi) is 19.4. The van der Waals surface area contributed by atoms with Crippen molar-refractivity contribution >= 4 is 33.6 Å². The van der Waals surface area contributed by atoms with Crippen LogP contribution in [0.3, 0.4) is 0 Å². The Bertz CT molecular complexity index is 2700. The smallest absolute Gasteiger partial charge is 0.435 e. The number of benzene rings is 4. The molecule has 438 valence electrons. The molecule has 22 heteroatoms. The highest BCUT2D eigenvalue weighted by molar-refractivity contribution is 8.76. The van der Waals surface area contributed by atoms with Crippen LogP contribution < -0.4 is 4.74 Å². The van der Waals surface area contributed by atoms with Crippen molar-refractivity contribution in [1.82, 2.24) is 4.90 Å². The van der Waals surface area contributed by atoms with Crippen LogP contribution >= 0.6 is 21.6 Å². The first kappa shape index (κ1) is 60.0. The zero-order valence-corrected chi connectivity index (χ0v) is 45.5. The summed E-state index contributed by atoms with van der Waals surface area (Å²) >= 11 is 0. The maximum atomic E-state index is 16.2. The molecule has 4 aliphatic carbocycles. The summed E-state index contributed by atoms with van der Waals surface area (Å²) in [5.41, 5.74) is -1.86. The van der Waals surface area contributed by atoms with Gasteiger partial charge in [0.1, 0.15) is 35.3 Å². The summed E-state index contributed by atoms with van der Waals surface area (Å²) in [4.78, 5) is 28.9. The van der Waals surface area contributed by atoms with Gasteiger partial charge in [0.05, 0.1) is 19.3 Å². The molecule has 1 unspecified atom stereocenters. The molecule has 2 saturated carbocycles. The Morgan fingerprint density at radius 2 is 1.43 bits per heavy atom. The van der Waals surface area contributed by atoms with Crippen LogP contribution in [-0.4, -0.2) is 110 Å². The van der Waals surface area contributed by atoms with Crippen molar-refractivity contribution in [3.63, 3.8) is 0 Å². The van der Waals surface area contributed by atoms with Crippen molar-refractivity contribution in [1.29, 1.82) is 0 Å². The van der Waals surface area contributed by atoms with Crippen molar-refractivity contribution in [2.45, 2.75) is 120 Å². The first-order chi connectivity index (χ1) is 38.5. The summed E-state index contributed by atoms with van der Waals surface area (Å²) in [6.07, 6.45) is -16.9. The molecule has 6 atom stereocenters. The molecule has 0 aromatic heterocycles. The van der Waals surface area contributed by atoms with E-state index >= 15 is 8.78 Å². The number of aryl methyl sites for hydroxylation is 1. The Hall–Kier alpha value is -4.61. The van der Waals surface area contributed by atoms with E-state index in [0.717, 1.165) is 63.3 Å². The number of amides is 2. The van der Waals surface area contributed by atoms with Gasteiger partial charge in [0.25, 0.3) is 5.91 Å². The maximum absolute atomic E-state index is 16.2. The van der Waals surface area contributed by atoms with Crippen LogP contribution in [0.2, 0.25) is 0 Å². The molecule has 0 radical (unpaired) electrons. The number of hydrogen-bond donors (Lipinski definition) is 1. The third kappa shape index (κ3) is 13.1. The molecule has 80 heavy (non-hydrogen) atoms. The molecule has 0 bridgehead atoms. The minimum atomic E-state index is -6.81. The summed E-state index contributed by atoms with van der Waals surface area (Å²) in [6.45, 7) is 0.879. The van der Waals surface area contributed by atoms with Gasteiger partial charge in [0.2, 0.25) is 0 Å². The molecular formula is C58H64F11NO8S2. The largest absolute Gasteiger partial charge is 0.457 e. The Balaban J connectivity index is 0.877. The molecule has 0 heterocycles. The number of aliphatic hydroxyl groups excluding tert-OH is 1. The van der Waals surface area contributed by atoms with Crippen LogP contribution in [0.1, 0.15) is 117 Å². The van der Waals surface area contributed by atoms with Gasteiger partial charge in [-0.15, -0.1) is 0 Å². The highest BCUT2D eigenvalue weighted by Gasteiger charge is 2.85. The first-order valence-corrected chi connectivity index (χ1v) is 29.2. The van der Waals surface area contributed by atoms with Crippen LogP contribution in [0, 0.1) is 34.8 Å². The minimum Gasteiger partial charge on any atom is -0.457 e. The van der Waals surface area contributed by atoms with E-state index in [-0.39, 0.29) is 74.2 Å². The van der Waals surface area contributed by atoms with Crippen LogP contribution in [0.5, 0.6) is 11.5 Å². The summed E-state index contributed by atoms with van der Waals surface area (Å²) < 4.78 is 187. The first-order valence-electron chi connectivity index (χ1n) is 27.4. The number of ether oxygens (including phenoxy) is 5. The van der Waals surface area contributed by atoms with E-state index in [1.165, 1.54) is 21.6 Å². The van der Waals surface area contributed by atoms with Gasteiger partial charge in [-0.2, -0.15) is 39.5 Å². The van der Waals surface area contributed by atoms with Crippen LogP contribution in [0.25, 0.3) is 11.1 Å². The van der Waals surface area contributed by atoms with Gasteiger partial charge in [-0.1, -0.05) is 90.0 Å². The second-order valence-electron chi connectivity index (χ2n) is 21.1. The fraction of sp³-hybridized carbons (Fsp3) is 0.552. The normalized spacial score (nSPS) is 21.4. The third-order valence-corrected chi connectivity index (χ3v) is 18.6. The lowest BCUT2D eigenvalue weighted by Gasteiger charge is -2.50. The summed E-state index contributed by atoms with van der Waals surface area (Å²) in [5.74, 6) is -2.57. The number of alkyl halides is 9. The van der Waals surface area contributed by atoms with E-state index in [4.69, 9.17) is 20.3 Å². The molecule has 0 spiro atoms. The monoisotopic (exact) mass is 1180 g/mol. The van der Waals surface area contributed by atoms with Gasteiger partial charge in [0.15, 0.2) is 0 Å². The zero-order valence-electron chi connectivity index (χ0n) is 44.8. The van der Waals surface area contributed by atoms with Crippen LogP contribution in [0.4, 0.5) is 53.1 Å². The average Bonchev–Trinajstić information content (AvgIpc) is 4.01. The number of imide groups is 1. The van der Waals surface area contributed by atoms with Gasteiger partial charge in [-0.25, -0.2) is 18.5 Å². The number of aliphatic hydroxyl groups is 1. The van der Waals surface area contributed by atoms with Crippen LogP contribution in [-0.2, 0) is 25.4 Å². The Labute approximate surface area is 466 Å². The molecular weight excluding hydrogens is 1110 g/mol. The van der Waals surface area contributed by atoms with E-state index in [0.29, 0.717) is 63.2 Å². The predicted molar refractivity (Wildman–Crippen MR) is 281 cm³/mol. The highest BCUT2D eigenvalue weighted by Crippen LogP contribution is 2.62. The predicted octanol–water partition coefficient (Wildman–Crippen LogP) is 15.4. The van der Waals surface area contributed by atoms with Crippen molar-refractivity contribution in [3.05, 3.63) is 118 Å². The SMILES string of the molecule is [2H]CC(CO)CCCOCCSSCCCN(C(=O)OCC1c2ccccc2-c2ccccc21)C(=O)c1c(F)cc(Oc2ccc3c(c2)CC[C@@H]2[C@@H]3CC[C@]3(C)[C@@H](OCCCOC(C(F)(F)F)(C(F)(F)F)C(F)(F)F)CC[C@@H]23)cc1F. The summed E-state index contributed by atoms with van der Waals surface area (Å²) in [5, 5.41) is 9.28. The van der Waals surface area contributed by atoms with Crippen molar-refractivity contribution in [3.8, 4) is 22.6 Å². The summed E-state index contributed by atoms with van der Waals surface area (Å²) in [6, 6.07) is 22.5. The molecule has 4 aromatic carbocycles. The van der Waals surface area contributed by atoms with Crippen molar-refractivity contribution < 1.29 is 88.0 Å². The average molecular weight is 1180 g/mol. The summed E-state index contributed by atoms with van der Waals surface area (Å²) in [7, 11) is 3.02. The van der Waals surface area contributed by atoms with Crippen molar-refractivity contribution in [2.24, 2.45) is 23.2 Å². The molecule has 9 nitrogen and oxygen atoms in total. The fourth-order valence-corrected chi connectivity index (χ4v) is 14.2. The van der Waals surface area contributed by atoms with E-state index in [1.807, 2.05) is 61.5 Å². The molecule has 8 rings (SSSR count). The number of fused-ring (bicyclic) bond motifs is 8. The molecule has 4 aliphatic rings. The number of carbonyl (C=O) groups is 2. The van der Waals surface area contributed by atoms with E-state index in [1.54, 1.807) is 12.1 Å². The van der Waals surface area contributed by atoms with Gasteiger partial charge >= 0.3 is 30.2 Å². The molecule has 0 aliphatic heterocycles. The quantitative estimate of drug-likeness (QED) is 0.0414. The Morgan fingerprint density at radius 3 is 2.08 bits per heavy atom. The maximum Gasteiger partial charge on any atom is 0.435 e. The Morgan fingerprint density at radius 1 is 0.762 bits per heavy atom.